The van der Waals surface area contributed by atoms with Crippen LogP contribution in [0.1, 0.15) is 13.8 Å². The SMILES string of the molecule is CC(C)NC(=O)CSc1ncnc2c(-c3cccc(F)c3)c[nH]c12. The van der Waals surface area contributed by atoms with Gasteiger partial charge in [-0.1, -0.05) is 23.9 Å². The van der Waals surface area contributed by atoms with E-state index in [1.165, 1.54) is 30.2 Å². The Hall–Kier alpha value is -2.41. The summed E-state index contributed by atoms with van der Waals surface area (Å²) >= 11 is 1.34. The Bertz CT molecular complexity index is 878. The minimum Gasteiger partial charge on any atom is -0.357 e. The molecule has 0 saturated heterocycles. The summed E-state index contributed by atoms with van der Waals surface area (Å²) in [5.74, 6) is -0.0620. The highest BCUT2D eigenvalue weighted by Crippen LogP contribution is 2.31. The molecule has 3 rings (SSSR count). The Morgan fingerprint density at radius 2 is 2.21 bits per heavy atom. The first-order chi connectivity index (χ1) is 11.5. The second kappa shape index (κ2) is 7.00. The van der Waals surface area contributed by atoms with Crippen LogP contribution in [0.3, 0.4) is 0 Å². The number of carbonyl (C=O) groups is 1. The van der Waals surface area contributed by atoms with Crippen LogP contribution in [0.15, 0.2) is 41.8 Å². The predicted molar refractivity (Wildman–Crippen MR) is 93.3 cm³/mol. The summed E-state index contributed by atoms with van der Waals surface area (Å²) < 4.78 is 13.5. The standard InChI is InChI=1S/C17H17FN4OS/c1-10(2)22-14(23)8-24-17-16-15(20-9-21-17)13(7-19-16)11-4-3-5-12(18)6-11/h3-7,9-10,19H,8H2,1-2H3,(H,22,23). The molecule has 0 spiro atoms. The molecule has 0 unspecified atom stereocenters. The molecule has 2 N–H and O–H groups in total. The summed E-state index contributed by atoms with van der Waals surface area (Å²) in [5.41, 5.74) is 3.01. The molecule has 1 aromatic carbocycles. The van der Waals surface area contributed by atoms with Gasteiger partial charge in [0.2, 0.25) is 5.91 Å². The third-order valence-electron chi connectivity index (χ3n) is 3.35. The summed E-state index contributed by atoms with van der Waals surface area (Å²) in [4.78, 5) is 23.5. The number of halogens is 1. The van der Waals surface area contributed by atoms with E-state index in [2.05, 4.69) is 20.3 Å². The van der Waals surface area contributed by atoms with Gasteiger partial charge in [0.1, 0.15) is 22.7 Å². The first kappa shape index (κ1) is 16.4. The molecule has 1 amide bonds. The number of fused-ring (bicyclic) bond motifs is 1. The molecule has 0 fully saturated rings. The van der Waals surface area contributed by atoms with E-state index in [1.807, 2.05) is 19.9 Å². The van der Waals surface area contributed by atoms with Crippen LogP contribution < -0.4 is 5.32 Å². The Balaban J connectivity index is 1.88. The van der Waals surface area contributed by atoms with Crippen molar-refractivity contribution in [2.75, 3.05) is 5.75 Å². The second-order valence-corrected chi connectivity index (χ2v) is 6.59. The molecule has 0 aliphatic heterocycles. The first-order valence-corrected chi connectivity index (χ1v) is 8.53. The number of benzene rings is 1. The van der Waals surface area contributed by atoms with Crippen molar-refractivity contribution in [1.29, 1.82) is 0 Å². The van der Waals surface area contributed by atoms with Crippen molar-refractivity contribution in [2.45, 2.75) is 24.9 Å². The molecule has 124 valence electrons. The van der Waals surface area contributed by atoms with E-state index in [4.69, 9.17) is 0 Å². The quantitative estimate of drug-likeness (QED) is 0.550. The van der Waals surface area contributed by atoms with Crippen LogP contribution in [0.4, 0.5) is 4.39 Å². The number of thioether (sulfide) groups is 1. The van der Waals surface area contributed by atoms with Gasteiger partial charge in [0.25, 0.3) is 0 Å². The van der Waals surface area contributed by atoms with Crippen molar-refractivity contribution in [3.05, 3.63) is 42.6 Å². The van der Waals surface area contributed by atoms with E-state index < -0.39 is 0 Å². The fourth-order valence-electron chi connectivity index (χ4n) is 2.40. The second-order valence-electron chi connectivity index (χ2n) is 5.63. The van der Waals surface area contributed by atoms with Crippen LogP contribution >= 0.6 is 11.8 Å². The van der Waals surface area contributed by atoms with E-state index >= 15 is 0 Å². The topological polar surface area (TPSA) is 70.7 Å². The lowest BCUT2D eigenvalue weighted by atomic mass is 10.1. The van der Waals surface area contributed by atoms with Crippen molar-refractivity contribution >= 4 is 28.7 Å². The van der Waals surface area contributed by atoms with Crippen LogP contribution in [-0.4, -0.2) is 32.7 Å². The maximum absolute atomic E-state index is 13.5. The largest absolute Gasteiger partial charge is 0.357 e. The normalized spacial score (nSPS) is 11.2. The Morgan fingerprint density at radius 3 is 2.96 bits per heavy atom. The van der Waals surface area contributed by atoms with Crippen LogP contribution in [0.25, 0.3) is 22.2 Å². The number of aromatic amines is 1. The Kier molecular flexibility index (Phi) is 4.80. The van der Waals surface area contributed by atoms with Gasteiger partial charge in [-0.2, -0.15) is 0 Å². The number of rotatable bonds is 5. The van der Waals surface area contributed by atoms with Crippen LogP contribution in [0.5, 0.6) is 0 Å². The summed E-state index contributed by atoms with van der Waals surface area (Å²) in [5, 5.41) is 3.54. The molecule has 2 heterocycles. The molecular formula is C17H17FN4OS. The maximum atomic E-state index is 13.5. The van der Waals surface area contributed by atoms with E-state index in [-0.39, 0.29) is 23.5 Å². The minimum absolute atomic E-state index is 0.0429. The van der Waals surface area contributed by atoms with E-state index in [9.17, 15) is 9.18 Å². The number of H-pyrrole nitrogens is 1. The van der Waals surface area contributed by atoms with Crippen LogP contribution in [0.2, 0.25) is 0 Å². The molecule has 0 aliphatic carbocycles. The molecular weight excluding hydrogens is 327 g/mol. The van der Waals surface area contributed by atoms with Gasteiger partial charge in [-0.3, -0.25) is 4.79 Å². The fourth-order valence-corrected chi connectivity index (χ4v) is 3.17. The highest BCUT2D eigenvalue weighted by Gasteiger charge is 2.14. The van der Waals surface area contributed by atoms with Gasteiger partial charge in [-0.15, -0.1) is 0 Å². The highest BCUT2D eigenvalue weighted by atomic mass is 32.2. The first-order valence-electron chi connectivity index (χ1n) is 7.55. The lowest BCUT2D eigenvalue weighted by Crippen LogP contribution is -2.31. The van der Waals surface area contributed by atoms with Gasteiger partial charge in [0.05, 0.1) is 11.3 Å². The van der Waals surface area contributed by atoms with Gasteiger partial charge in [0, 0.05) is 17.8 Å². The van der Waals surface area contributed by atoms with Crippen molar-refractivity contribution in [3.8, 4) is 11.1 Å². The fraction of sp³-hybridized carbons (Fsp3) is 0.235. The van der Waals surface area contributed by atoms with Gasteiger partial charge in [-0.05, 0) is 31.5 Å². The van der Waals surface area contributed by atoms with Crippen molar-refractivity contribution in [2.24, 2.45) is 0 Å². The monoisotopic (exact) mass is 344 g/mol. The van der Waals surface area contributed by atoms with Crippen molar-refractivity contribution < 1.29 is 9.18 Å². The van der Waals surface area contributed by atoms with Crippen LogP contribution in [-0.2, 0) is 4.79 Å². The number of hydrogen-bond donors (Lipinski definition) is 2. The van der Waals surface area contributed by atoms with Gasteiger partial charge in [-0.25, -0.2) is 14.4 Å². The number of nitrogens with one attached hydrogen (secondary N) is 2. The van der Waals surface area contributed by atoms with Crippen LogP contribution in [0, 0.1) is 5.82 Å². The van der Waals surface area contributed by atoms with Gasteiger partial charge < -0.3 is 10.3 Å². The van der Waals surface area contributed by atoms with E-state index in [0.29, 0.717) is 10.5 Å². The summed E-state index contributed by atoms with van der Waals surface area (Å²) in [6, 6.07) is 6.47. The third kappa shape index (κ3) is 3.56. The molecule has 24 heavy (non-hydrogen) atoms. The zero-order valence-electron chi connectivity index (χ0n) is 13.3. The average Bonchev–Trinajstić information content (AvgIpc) is 2.97. The van der Waals surface area contributed by atoms with Gasteiger partial charge in [0.15, 0.2) is 0 Å². The highest BCUT2D eigenvalue weighted by molar-refractivity contribution is 8.00. The minimum atomic E-state index is -0.295. The zero-order valence-corrected chi connectivity index (χ0v) is 14.2. The predicted octanol–water partition coefficient (Wildman–Crippen LogP) is 3.38. The molecule has 0 aliphatic rings. The molecule has 5 nitrogen and oxygen atoms in total. The summed E-state index contributed by atoms with van der Waals surface area (Å²) in [7, 11) is 0. The van der Waals surface area contributed by atoms with E-state index in [0.717, 1.165) is 16.6 Å². The summed E-state index contributed by atoms with van der Waals surface area (Å²) in [6.45, 7) is 3.84. The lowest BCUT2D eigenvalue weighted by molar-refractivity contribution is -0.119. The lowest BCUT2D eigenvalue weighted by Gasteiger charge is -2.07. The Morgan fingerprint density at radius 1 is 1.38 bits per heavy atom. The molecule has 3 aromatic rings. The molecule has 0 bridgehead atoms. The molecule has 0 atom stereocenters. The van der Waals surface area contributed by atoms with Gasteiger partial charge >= 0.3 is 0 Å². The number of hydrogen-bond acceptors (Lipinski definition) is 4. The van der Waals surface area contributed by atoms with E-state index in [1.54, 1.807) is 12.3 Å². The summed E-state index contributed by atoms with van der Waals surface area (Å²) in [6.07, 6.45) is 3.24. The number of aromatic nitrogens is 3. The smallest absolute Gasteiger partial charge is 0.230 e. The maximum Gasteiger partial charge on any atom is 0.230 e. The average molecular weight is 344 g/mol. The molecule has 0 saturated carbocycles. The molecule has 2 aromatic heterocycles. The van der Waals surface area contributed by atoms with Crippen molar-refractivity contribution in [3.63, 3.8) is 0 Å². The third-order valence-corrected chi connectivity index (χ3v) is 4.34. The number of carbonyl (C=O) groups excluding carboxylic acids is 1. The molecule has 7 heteroatoms. The molecule has 0 radical (unpaired) electrons. The number of amides is 1. The zero-order chi connectivity index (χ0) is 17.1. The van der Waals surface area contributed by atoms with Crippen molar-refractivity contribution in [1.82, 2.24) is 20.3 Å². The number of nitrogens with zero attached hydrogens (tertiary/aromatic N) is 2. The Labute approximate surface area is 143 Å².